The van der Waals surface area contributed by atoms with E-state index in [0.717, 1.165) is 0 Å². The highest BCUT2D eigenvalue weighted by molar-refractivity contribution is 6.00. The van der Waals surface area contributed by atoms with Crippen molar-refractivity contribution in [2.45, 2.75) is 38.8 Å². The van der Waals surface area contributed by atoms with Crippen LogP contribution < -0.4 is 11.1 Å². The third kappa shape index (κ3) is 2.41. The van der Waals surface area contributed by atoms with Crippen molar-refractivity contribution in [3.05, 3.63) is 29.8 Å². The van der Waals surface area contributed by atoms with E-state index in [1.54, 1.807) is 24.3 Å². The smallest absolute Gasteiger partial charge is 0.245 e. The lowest BCUT2D eigenvalue weighted by Crippen LogP contribution is -2.74. The normalized spacial score (nSPS) is 26.5. The summed E-state index contributed by atoms with van der Waals surface area (Å²) in [6, 6.07) is 8.95. The van der Waals surface area contributed by atoms with Gasteiger partial charge in [0, 0.05) is 18.4 Å². The molecule has 0 saturated heterocycles. The molecular formula is C16H21N3O2. The molecule has 1 amide bonds. The Morgan fingerprint density at radius 3 is 2.76 bits per heavy atom. The number of amides is 1. The molecule has 112 valence electrons. The first-order valence-corrected chi connectivity index (χ1v) is 7.08. The molecule has 2 atom stereocenters. The molecule has 0 radical (unpaired) electrons. The Kier molecular flexibility index (Phi) is 4.04. The van der Waals surface area contributed by atoms with Gasteiger partial charge in [0.2, 0.25) is 5.91 Å². The van der Waals surface area contributed by atoms with E-state index >= 15 is 0 Å². The number of carbonyl (C=O) groups excluding carboxylic acids is 1. The first kappa shape index (κ1) is 15.5. The third-order valence-corrected chi connectivity index (χ3v) is 4.53. The second kappa shape index (κ2) is 5.47. The minimum atomic E-state index is -0.991. The average molecular weight is 287 g/mol. The summed E-state index contributed by atoms with van der Waals surface area (Å²) >= 11 is 0. The van der Waals surface area contributed by atoms with Crippen LogP contribution in [0.25, 0.3) is 0 Å². The number of nitrogens with zero attached hydrogens (tertiary/aromatic N) is 1. The molecule has 1 aromatic carbocycles. The van der Waals surface area contributed by atoms with Gasteiger partial charge < -0.3 is 15.8 Å². The quantitative estimate of drug-likeness (QED) is 0.887. The fraction of sp³-hybridized carbons (Fsp3) is 0.500. The zero-order valence-electron chi connectivity index (χ0n) is 12.6. The Morgan fingerprint density at radius 2 is 2.19 bits per heavy atom. The molecule has 5 nitrogen and oxygen atoms in total. The van der Waals surface area contributed by atoms with Crippen molar-refractivity contribution in [2.24, 2.45) is 11.1 Å². The lowest BCUT2D eigenvalue weighted by Gasteiger charge is -2.57. The van der Waals surface area contributed by atoms with Crippen LogP contribution in [0.15, 0.2) is 24.3 Å². The number of carbonyl (C=O) groups is 1. The van der Waals surface area contributed by atoms with Crippen molar-refractivity contribution >= 4 is 11.6 Å². The average Bonchev–Trinajstić information content (AvgIpc) is 2.47. The molecule has 1 aliphatic carbocycles. The maximum Gasteiger partial charge on any atom is 0.245 e. The molecule has 1 aromatic rings. The standard InChI is InChI=1S/C16H21N3O2/c1-4-21-13-9-16(18,15(13,2)3)14(20)19-12-8-6-5-7-11(12)10-17/h5-8,13H,4,9,18H2,1-3H3,(H,19,20). The van der Waals surface area contributed by atoms with Crippen LogP contribution in [0, 0.1) is 16.7 Å². The summed E-state index contributed by atoms with van der Waals surface area (Å²) < 4.78 is 5.62. The molecule has 21 heavy (non-hydrogen) atoms. The van der Waals surface area contributed by atoms with Crippen LogP contribution in [0.2, 0.25) is 0 Å². The van der Waals surface area contributed by atoms with Crippen molar-refractivity contribution in [1.82, 2.24) is 0 Å². The SMILES string of the molecule is CCOC1CC(N)(C(=O)Nc2ccccc2C#N)C1(C)C. The molecule has 0 spiro atoms. The topological polar surface area (TPSA) is 88.1 Å². The first-order chi connectivity index (χ1) is 9.86. The van der Waals surface area contributed by atoms with Gasteiger partial charge in [-0.2, -0.15) is 5.26 Å². The number of benzene rings is 1. The molecule has 1 fully saturated rings. The Balaban J connectivity index is 2.16. The third-order valence-electron chi connectivity index (χ3n) is 4.53. The number of hydrogen-bond donors (Lipinski definition) is 2. The minimum absolute atomic E-state index is 0.0236. The Labute approximate surface area is 125 Å². The highest BCUT2D eigenvalue weighted by atomic mass is 16.5. The van der Waals surface area contributed by atoms with E-state index in [-0.39, 0.29) is 12.0 Å². The van der Waals surface area contributed by atoms with Crippen molar-refractivity contribution < 1.29 is 9.53 Å². The molecule has 1 aliphatic rings. The zero-order chi connectivity index (χ0) is 15.7. The molecule has 0 bridgehead atoms. The number of ether oxygens (including phenoxy) is 1. The zero-order valence-corrected chi connectivity index (χ0v) is 12.6. The molecule has 0 aliphatic heterocycles. The number of anilines is 1. The van der Waals surface area contributed by atoms with Gasteiger partial charge in [0.05, 0.1) is 17.4 Å². The highest BCUT2D eigenvalue weighted by Crippen LogP contribution is 2.50. The highest BCUT2D eigenvalue weighted by Gasteiger charge is 2.62. The summed E-state index contributed by atoms with van der Waals surface area (Å²) in [4.78, 5) is 12.5. The largest absolute Gasteiger partial charge is 0.378 e. The molecule has 3 N–H and O–H groups in total. The van der Waals surface area contributed by atoms with Crippen LogP contribution in [0.3, 0.4) is 0 Å². The van der Waals surface area contributed by atoms with Gasteiger partial charge in [-0.25, -0.2) is 0 Å². The van der Waals surface area contributed by atoms with Gasteiger partial charge >= 0.3 is 0 Å². The van der Waals surface area contributed by atoms with Gasteiger partial charge in [-0.05, 0) is 19.1 Å². The Morgan fingerprint density at radius 1 is 1.52 bits per heavy atom. The van der Waals surface area contributed by atoms with Crippen molar-refractivity contribution in [3.63, 3.8) is 0 Å². The number of nitrogens with one attached hydrogen (secondary N) is 1. The minimum Gasteiger partial charge on any atom is -0.378 e. The lowest BCUT2D eigenvalue weighted by molar-refractivity contribution is -0.166. The summed E-state index contributed by atoms with van der Waals surface area (Å²) in [5.41, 5.74) is 5.78. The summed E-state index contributed by atoms with van der Waals surface area (Å²) in [7, 11) is 0. The van der Waals surface area contributed by atoms with Crippen LogP contribution in [0.1, 0.15) is 32.8 Å². The predicted molar refractivity (Wildman–Crippen MR) is 80.5 cm³/mol. The number of nitrogens with two attached hydrogens (primary N) is 1. The van der Waals surface area contributed by atoms with Crippen LogP contribution in [-0.2, 0) is 9.53 Å². The Hall–Kier alpha value is -1.90. The molecular weight excluding hydrogens is 266 g/mol. The van der Waals surface area contributed by atoms with Crippen molar-refractivity contribution in [3.8, 4) is 6.07 Å². The van der Waals surface area contributed by atoms with Gasteiger partial charge in [-0.1, -0.05) is 26.0 Å². The molecule has 1 saturated carbocycles. The van der Waals surface area contributed by atoms with E-state index in [1.807, 2.05) is 20.8 Å². The molecule has 0 aromatic heterocycles. The number of para-hydroxylation sites is 1. The van der Waals surface area contributed by atoms with Crippen molar-refractivity contribution in [1.29, 1.82) is 5.26 Å². The van der Waals surface area contributed by atoms with E-state index in [0.29, 0.717) is 24.3 Å². The number of rotatable bonds is 4. The van der Waals surface area contributed by atoms with E-state index in [1.165, 1.54) is 0 Å². The van der Waals surface area contributed by atoms with Crippen molar-refractivity contribution in [2.75, 3.05) is 11.9 Å². The summed E-state index contributed by atoms with van der Waals surface area (Å²) in [5, 5.41) is 11.8. The second-order valence-corrected chi connectivity index (χ2v) is 5.95. The lowest BCUT2D eigenvalue weighted by atomic mass is 9.54. The second-order valence-electron chi connectivity index (χ2n) is 5.95. The fourth-order valence-electron chi connectivity index (χ4n) is 2.74. The maximum atomic E-state index is 12.5. The predicted octanol–water partition coefficient (Wildman–Crippen LogP) is 2.03. The summed E-state index contributed by atoms with van der Waals surface area (Å²) in [6.45, 7) is 6.40. The summed E-state index contributed by atoms with van der Waals surface area (Å²) in [6.07, 6.45) is 0.457. The van der Waals surface area contributed by atoms with E-state index in [4.69, 9.17) is 15.7 Å². The van der Waals surface area contributed by atoms with Gasteiger partial charge in [0.1, 0.15) is 11.6 Å². The van der Waals surface area contributed by atoms with Gasteiger partial charge in [-0.3, -0.25) is 4.79 Å². The van der Waals surface area contributed by atoms with E-state index in [9.17, 15) is 4.79 Å². The van der Waals surface area contributed by atoms with Crippen LogP contribution >= 0.6 is 0 Å². The van der Waals surface area contributed by atoms with E-state index in [2.05, 4.69) is 11.4 Å². The van der Waals surface area contributed by atoms with Crippen LogP contribution in [0.5, 0.6) is 0 Å². The summed E-state index contributed by atoms with van der Waals surface area (Å²) in [5.74, 6) is -0.272. The molecule has 2 unspecified atom stereocenters. The van der Waals surface area contributed by atoms with E-state index < -0.39 is 11.0 Å². The molecule has 0 heterocycles. The fourth-order valence-corrected chi connectivity index (χ4v) is 2.74. The van der Waals surface area contributed by atoms with Crippen LogP contribution in [-0.4, -0.2) is 24.2 Å². The molecule has 5 heteroatoms. The molecule has 2 rings (SSSR count). The Bertz CT molecular complexity index is 591. The van der Waals surface area contributed by atoms with Crippen LogP contribution in [0.4, 0.5) is 5.69 Å². The van der Waals surface area contributed by atoms with Gasteiger partial charge in [-0.15, -0.1) is 0 Å². The number of hydrogen-bond acceptors (Lipinski definition) is 4. The maximum absolute atomic E-state index is 12.5. The first-order valence-electron chi connectivity index (χ1n) is 7.08. The van der Waals surface area contributed by atoms with Gasteiger partial charge in [0.15, 0.2) is 0 Å². The number of nitriles is 1. The van der Waals surface area contributed by atoms with Gasteiger partial charge in [0.25, 0.3) is 0 Å². The monoisotopic (exact) mass is 287 g/mol.